The van der Waals surface area contributed by atoms with Crippen molar-refractivity contribution in [2.45, 2.75) is 26.3 Å². The molecule has 4 nitrogen and oxygen atoms in total. The minimum atomic E-state index is 0.396. The molecule has 17 heavy (non-hydrogen) atoms. The lowest BCUT2D eigenvalue weighted by atomic mass is 10.0. The molecule has 0 aliphatic rings. The van der Waals surface area contributed by atoms with Crippen LogP contribution >= 0.6 is 11.3 Å². The Labute approximate surface area is 104 Å². The third-order valence-corrected chi connectivity index (χ3v) is 3.18. The molecule has 0 saturated heterocycles. The summed E-state index contributed by atoms with van der Waals surface area (Å²) in [6.07, 6.45) is 0. The van der Waals surface area contributed by atoms with Gasteiger partial charge in [-0.25, -0.2) is 0 Å². The normalized spacial score (nSPS) is 10.8. The minimum absolute atomic E-state index is 0.396. The van der Waals surface area contributed by atoms with Gasteiger partial charge in [-0.05, 0) is 23.6 Å². The number of nitrogens with two attached hydrogens (primary N) is 1. The molecule has 2 N–H and O–H groups in total. The average molecular weight is 249 g/mol. The van der Waals surface area contributed by atoms with E-state index in [2.05, 4.69) is 30.1 Å². The third-order valence-electron chi connectivity index (χ3n) is 2.35. The van der Waals surface area contributed by atoms with Crippen molar-refractivity contribution in [3.8, 4) is 10.9 Å². The Morgan fingerprint density at radius 1 is 1.35 bits per heavy atom. The molecule has 0 bridgehead atoms. The largest absolute Gasteiger partial charge is 0.430 e. The van der Waals surface area contributed by atoms with Crippen molar-refractivity contribution in [2.24, 2.45) is 5.73 Å². The Kier molecular flexibility index (Phi) is 3.71. The van der Waals surface area contributed by atoms with Crippen molar-refractivity contribution in [3.63, 3.8) is 0 Å². The van der Waals surface area contributed by atoms with Gasteiger partial charge in [0.05, 0.1) is 0 Å². The van der Waals surface area contributed by atoms with E-state index in [-0.39, 0.29) is 0 Å². The highest BCUT2D eigenvalue weighted by molar-refractivity contribution is 7.13. The average Bonchev–Trinajstić information content (AvgIpc) is 2.77. The van der Waals surface area contributed by atoms with Gasteiger partial charge >= 0.3 is 0 Å². The predicted octanol–water partition coefficient (Wildman–Crippen LogP) is 2.91. The number of benzene rings is 1. The van der Waals surface area contributed by atoms with Gasteiger partial charge < -0.3 is 10.5 Å². The summed E-state index contributed by atoms with van der Waals surface area (Å²) < 4.78 is 5.64. The fourth-order valence-electron chi connectivity index (χ4n) is 1.40. The van der Waals surface area contributed by atoms with Gasteiger partial charge in [-0.1, -0.05) is 42.4 Å². The second-order valence-corrected chi connectivity index (χ2v) is 5.02. The van der Waals surface area contributed by atoms with Gasteiger partial charge in [0.25, 0.3) is 5.19 Å². The standard InChI is InChI=1S/C12H15N3OS/c1-8(2)9-4-3-5-10(6-9)16-12-15-14-11(7-13)17-12/h3-6,8H,7,13H2,1-2H3. The van der Waals surface area contributed by atoms with E-state index in [9.17, 15) is 0 Å². The molecule has 0 unspecified atom stereocenters. The molecule has 1 heterocycles. The molecule has 2 aromatic rings. The number of hydrogen-bond donors (Lipinski definition) is 1. The maximum atomic E-state index is 5.64. The van der Waals surface area contributed by atoms with E-state index in [4.69, 9.17) is 10.5 Å². The van der Waals surface area contributed by atoms with Crippen LogP contribution in [0.3, 0.4) is 0 Å². The maximum absolute atomic E-state index is 5.64. The van der Waals surface area contributed by atoms with Crippen LogP contribution in [0.15, 0.2) is 24.3 Å². The fraction of sp³-hybridized carbons (Fsp3) is 0.333. The number of aromatic nitrogens is 2. The second kappa shape index (κ2) is 5.25. The van der Waals surface area contributed by atoms with Crippen LogP contribution < -0.4 is 10.5 Å². The summed E-state index contributed by atoms with van der Waals surface area (Å²) in [5.74, 6) is 1.27. The van der Waals surface area contributed by atoms with Crippen molar-refractivity contribution >= 4 is 11.3 Å². The van der Waals surface area contributed by atoms with E-state index in [1.165, 1.54) is 16.9 Å². The van der Waals surface area contributed by atoms with E-state index >= 15 is 0 Å². The zero-order chi connectivity index (χ0) is 12.3. The lowest BCUT2D eigenvalue weighted by Crippen LogP contribution is -1.94. The Morgan fingerprint density at radius 2 is 2.18 bits per heavy atom. The molecule has 0 aliphatic heterocycles. The van der Waals surface area contributed by atoms with Gasteiger partial charge in [-0.15, -0.1) is 5.10 Å². The van der Waals surface area contributed by atoms with Crippen LogP contribution in [0.1, 0.15) is 30.3 Å². The molecular weight excluding hydrogens is 234 g/mol. The highest BCUT2D eigenvalue weighted by atomic mass is 32.1. The van der Waals surface area contributed by atoms with E-state index in [1.807, 2.05) is 18.2 Å². The van der Waals surface area contributed by atoms with Gasteiger partial charge in [-0.3, -0.25) is 0 Å². The van der Waals surface area contributed by atoms with Gasteiger partial charge in [0.1, 0.15) is 10.8 Å². The quantitative estimate of drug-likeness (QED) is 0.905. The smallest absolute Gasteiger partial charge is 0.299 e. The number of hydrogen-bond acceptors (Lipinski definition) is 5. The zero-order valence-electron chi connectivity index (χ0n) is 9.88. The number of nitrogens with zero attached hydrogens (tertiary/aromatic N) is 2. The molecule has 0 aliphatic carbocycles. The molecule has 0 amide bonds. The van der Waals surface area contributed by atoms with Crippen LogP contribution in [-0.4, -0.2) is 10.2 Å². The predicted molar refractivity (Wildman–Crippen MR) is 68.4 cm³/mol. The van der Waals surface area contributed by atoms with Crippen LogP contribution in [0.2, 0.25) is 0 Å². The van der Waals surface area contributed by atoms with Gasteiger partial charge in [0, 0.05) is 6.54 Å². The first-order chi connectivity index (χ1) is 8.19. The number of rotatable bonds is 4. The summed E-state index contributed by atoms with van der Waals surface area (Å²) in [6, 6.07) is 8.00. The van der Waals surface area contributed by atoms with Gasteiger partial charge in [0.15, 0.2) is 0 Å². The topological polar surface area (TPSA) is 61.0 Å². The fourth-order valence-corrected chi connectivity index (χ4v) is 1.99. The highest BCUT2D eigenvalue weighted by Gasteiger charge is 2.06. The van der Waals surface area contributed by atoms with E-state index in [0.29, 0.717) is 17.7 Å². The summed E-state index contributed by atoms with van der Waals surface area (Å²) in [4.78, 5) is 0. The Morgan fingerprint density at radius 3 is 2.82 bits per heavy atom. The summed E-state index contributed by atoms with van der Waals surface area (Å²) in [7, 11) is 0. The van der Waals surface area contributed by atoms with E-state index in [0.717, 1.165) is 10.8 Å². The maximum Gasteiger partial charge on any atom is 0.299 e. The molecule has 0 fully saturated rings. The lowest BCUT2D eigenvalue weighted by molar-refractivity contribution is 0.472. The van der Waals surface area contributed by atoms with Crippen molar-refractivity contribution in [1.82, 2.24) is 10.2 Å². The van der Waals surface area contributed by atoms with Crippen LogP contribution in [0.5, 0.6) is 10.9 Å². The Balaban J connectivity index is 2.15. The van der Waals surface area contributed by atoms with Crippen LogP contribution in [-0.2, 0) is 6.54 Å². The molecular formula is C12H15N3OS. The zero-order valence-corrected chi connectivity index (χ0v) is 10.7. The molecule has 2 rings (SSSR count). The van der Waals surface area contributed by atoms with Gasteiger partial charge in [0.2, 0.25) is 0 Å². The SMILES string of the molecule is CC(C)c1cccc(Oc2nnc(CN)s2)c1. The monoisotopic (exact) mass is 249 g/mol. The second-order valence-electron chi connectivity index (χ2n) is 4.00. The summed E-state index contributed by atoms with van der Waals surface area (Å²) in [5.41, 5.74) is 6.71. The highest BCUT2D eigenvalue weighted by Crippen LogP contribution is 2.27. The first-order valence-electron chi connectivity index (χ1n) is 5.49. The number of ether oxygens (including phenoxy) is 1. The van der Waals surface area contributed by atoms with Crippen molar-refractivity contribution in [3.05, 3.63) is 34.8 Å². The molecule has 0 saturated carbocycles. The Hall–Kier alpha value is -1.46. The van der Waals surface area contributed by atoms with Crippen molar-refractivity contribution in [2.75, 3.05) is 0 Å². The van der Waals surface area contributed by atoms with Crippen LogP contribution in [0.25, 0.3) is 0 Å². The molecule has 90 valence electrons. The van der Waals surface area contributed by atoms with Gasteiger partial charge in [-0.2, -0.15) is 0 Å². The summed E-state index contributed by atoms with van der Waals surface area (Å²) in [6.45, 7) is 4.69. The summed E-state index contributed by atoms with van der Waals surface area (Å²) in [5, 5.41) is 9.14. The first kappa shape index (κ1) is 12.0. The minimum Gasteiger partial charge on any atom is -0.430 e. The molecule has 1 aromatic carbocycles. The molecule has 1 aromatic heterocycles. The molecule has 5 heteroatoms. The molecule has 0 spiro atoms. The summed E-state index contributed by atoms with van der Waals surface area (Å²) >= 11 is 1.37. The van der Waals surface area contributed by atoms with Crippen molar-refractivity contribution < 1.29 is 4.74 Å². The first-order valence-corrected chi connectivity index (χ1v) is 6.31. The third kappa shape index (κ3) is 3.01. The lowest BCUT2D eigenvalue weighted by Gasteiger charge is -2.07. The Bertz CT molecular complexity index is 496. The van der Waals surface area contributed by atoms with Crippen molar-refractivity contribution in [1.29, 1.82) is 0 Å². The van der Waals surface area contributed by atoms with Crippen LogP contribution in [0, 0.1) is 0 Å². The van der Waals surface area contributed by atoms with E-state index < -0.39 is 0 Å². The molecule has 0 atom stereocenters. The van der Waals surface area contributed by atoms with E-state index in [1.54, 1.807) is 0 Å². The van der Waals surface area contributed by atoms with Crippen LogP contribution in [0.4, 0.5) is 0 Å². The molecule has 0 radical (unpaired) electrons.